The molecule has 2 saturated heterocycles. The van der Waals surface area contributed by atoms with Gasteiger partial charge in [0.2, 0.25) is 0 Å². The minimum Gasteiger partial charge on any atom is -0.383 e. The van der Waals surface area contributed by atoms with Gasteiger partial charge in [0.25, 0.3) is 0 Å². The van der Waals surface area contributed by atoms with E-state index in [9.17, 15) is 0 Å². The topological polar surface area (TPSA) is 58.1 Å². The van der Waals surface area contributed by atoms with Crippen LogP contribution in [0.1, 0.15) is 33.1 Å². The normalized spacial score (nSPS) is 33.8. The van der Waals surface area contributed by atoms with Crippen LogP contribution in [-0.4, -0.2) is 76.1 Å². The average molecular weight is 338 g/mol. The number of aliphatic imine (C=N–C) groups is 1. The van der Waals surface area contributed by atoms with E-state index in [0.717, 1.165) is 51.6 Å². The fourth-order valence-corrected chi connectivity index (χ4v) is 4.65. The molecule has 3 aliphatic rings. The SMILES string of the molecule is CN=C(NC1CCN(CCOC)CC1)NC1C2CCOC2C1(C)C. The van der Waals surface area contributed by atoms with Crippen LogP contribution in [0.3, 0.4) is 0 Å². The molecule has 0 aromatic rings. The highest BCUT2D eigenvalue weighted by molar-refractivity contribution is 5.80. The Hall–Kier alpha value is -0.850. The van der Waals surface area contributed by atoms with Crippen LogP contribution >= 0.6 is 0 Å². The second-order valence-corrected chi connectivity index (χ2v) is 8.01. The Morgan fingerprint density at radius 1 is 1.25 bits per heavy atom. The van der Waals surface area contributed by atoms with Crippen LogP contribution in [0.5, 0.6) is 0 Å². The molecule has 3 rings (SSSR count). The molecule has 0 aromatic heterocycles. The molecule has 3 unspecified atom stereocenters. The molecular formula is C18H34N4O2. The smallest absolute Gasteiger partial charge is 0.191 e. The molecule has 3 atom stereocenters. The quantitative estimate of drug-likeness (QED) is 0.580. The van der Waals surface area contributed by atoms with Gasteiger partial charge >= 0.3 is 0 Å². The lowest BCUT2D eigenvalue weighted by Gasteiger charge is -2.55. The summed E-state index contributed by atoms with van der Waals surface area (Å²) in [4.78, 5) is 6.95. The van der Waals surface area contributed by atoms with Crippen LogP contribution in [0.15, 0.2) is 4.99 Å². The molecule has 0 bridgehead atoms. The van der Waals surface area contributed by atoms with Crippen LogP contribution in [0, 0.1) is 11.3 Å². The number of likely N-dealkylation sites (tertiary alicyclic amines) is 1. The zero-order valence-electron chi connectivity index (χ0n) is 15.7. The first kappa shape index (κ1) is 18.0. The minimum absolute atomic E-state index is 0.183. The van der Waals surface area contributed by atoms with Crippen LogP contribution in [0.2, 0.25) is 0 Å². The van der Waals surface area contributed by atoms with Crippen molar-refractivity contribution >= 4 is 5.96 Å². The van der Waals surface area contributed by atoms with E-state index in [1.807, 2.05) is 7.05 Å². The second kappa shape index (κ2) is 7.58. The van der Waals surface area contributed by atoms with Crippen LogP contribution in [0.4, 0.5) is 0 Å². The molecule has 24 heavy (non-hydrogen) atoms. The first-order chi connectivity index (χ1) is 11.6. The molecule has 1 saturated carbocycles. The van der Waals surface area contributed by atoms with Gasteiger partial charge in [-0.1, -0.05) is 13.8 Å². The number of fused-ring (bicyclic) bond motifs is 1. The van der Waals surface area contributed by atoms with Gasteiger partial charge in [0, 0.05) is 63.8 Å². The van der Waals surface area contributed by atoms with E-state index in [2.05, 4.69) is 34.4 Å². The summed E-state index contributed by atoms with van der Waals surface area (Å²) in [7, 11) is 3.64. The Morgan fingerprint density at radius 2 is 2.00 bits per heavy atom. The Morgan fingerprint density at radius 3 is 2.67 bits per heavy atom. The van der Waals surface area contributed by atoms with Gasteiger partial charge < -0.3 is 25.0 Å². The molecule has 138 valence electrons. The number of hydrogen-bond acceptors (Lipinski definition) is 4. The minimum atomic E-state index is 0.183. The molecule has 6 nitrogen and oxygen atoms in total. The standard InChI is InChI=1S/C18H34N4O2/c1-18(2)15(14-7-11-24-16(14)18)21-17(19-3)20-13-5-8-22(9-6-13)10-12-23-4/h13-16H,5-12H2,1-4H3,(H2,19,20,21). The summed E-state index contributed by atoms with van der Waals surface area (Å²) in [5.74, 6) is 1.59. The second-order valence-electron chi connectivity index (χ2n) is 8.01. The molecule has 3 fully saturated rings. The van der Waals surface area contributed by atoms with Gasteiger partial charge in [0.15, 0.2) is 5.96 Å². The monoisotopic (exact) mass is 338 g/mol. The zero-order chi connectivity index (χ0) is 17.2. The number of methoxy groups -OCH3 is 1. The summed E-state index contributed by atoms with van der Waals surface area (Å²) in [6.45, 7) is 9.63. The number of guanidine groups is 1. The van der Waals surface area contributed by atoms with Crippen LogP contribution < -0.4 is 10.6 Å². The van der Waals surface area contributed by atoms with E-state index in [1.165, 1.54) is 6.42 Å². The maximum Gasteiger partial charge on any atom is 0.191 e. The maximum atomic E-state index is 5.89. The number of ether oxygens (including phenoxy) is 2. The van der Waals surface area contributed by atoms with Gasteiger partial charge in [0.1, 0.15) is 0 Å². The highest BCUT2D eigenvalue weighted by atomic mass is 16.5. The lowest BCUT2D eigenvalue weighted by molar-refractivity contribution is -0.106. The third kappa shape index (κ3) is 3.55. The predicted octanol–water partition coefficient (Wildman–Crippen LogP) is 1.08. The Labute approximate surface area is 146 Å². The lowest BCUT2D eigenvalue weighted by Crippen LogP contribution is -2.68. The van der Waals surface area contributed by atoms with Gasteiger partial charge in [-0.25, -0.2) is 0 Å². The van der Waals surface area contributed by atoms with Crippen molar-refractivity contribution in [3.63, 3.8) is 0 Å². The molecule has 1 aliphatic carbocycles. The first-order valence-corrected chi connectivity index (χ1v) is 9.39. The van der Waals surface area contributed by atoms with Gasteiger partial charge in [-0.2, -0.15) is 0 Å². The first-order valence-electron chi connectivity index (χ1n) is 9.39. The number of piperidine rings is 1. The number of hydrogen-bond donors (Lipinski definition) is 2. The molecule has 0 radical (unpaired) electrons. The molecule has 2 heterocycles. The van der Waals surface area contributed by atoms with Gasteiger partial charge in [-0.05, 0) is 19.3 Å². The molecule has 2 N–H and O–H groups in total. The molecule has 2 aliphatic heterocycles. The molecule has 0 amide bonds. The number of rotatable bonds is 5. The third-order valence-corrected chi connectivity index (χ3v) is 6.16. The van der Waals surface area contributed by atoms with Crippen molar-refractivity contribution in [2.45, 2.75) is 51.3 Å². The van der Waals surface area contributed by atoms with Crippen LogP contribution in [0.25, 0.3) is 0 Å². The fourth-order valence-electron chi connectivity index (χ4n) is 4.65. The lowest BCUT2D eigenvalue weighted by atomic mass is 9.57. The summed E-state index contributed by atoms with van der Waals surface area (Å²) < 4.78 is 11.1. The highest BCUT2D eigenvalue weighted by Crippen LogP contribution is 2.52. The summed E-state index contributed by atoms with van der Waals surface area (Å²) in [6, 6.07) is 0.965. The zero-order valence-corrected chi connectivity index (χ0v) is 15.7. The molecule has 0 spiro atoms. The highest BCUT2D eigenvalue weighted by Gasteiger charge is 2.59. The summed E-state index contributed by atoms with van der Waals surface area (Å²) in [5, 5.41) is 7.32. The van der Waals surface area contributed by atoms with Crippen molar-refractivity contribution in [3.8, 4) is 0 Å². The van der Waals surface area contributed by atoms with Crippen molar-refractivity contribution in [3.05, 3.63) is 0 Å². The Kier molecular flexibility index (Phi) is 5.67. The van der Waals surface area contributed by atoms with E-state index < -0.39 is 0 Å². The molecule has 6 heteroatoms. The van der Waals surface area contributed by atoms with Gasteiger partial charge in [0.05, 0.1) is 12.7 Å². The molecular weight excluding hydrogens is 304 g/mol. The van der Waals surface area contributed by atoms with E-state index >= 15 is 0 Å². The average Bonchev–Trinajstić information content (AvgIpc) is 3.04. The van der Waals surface area contributed by atoms with E-state index in [1.54, 1.807) is 7.11 Å². The number of nitrogens with one attached hydrogen (secondary N) is 2. The third-order valence-electron chi connectivity index (χ3n) is 6.16. The summed E-state index contributed by atoms with van der Waals surface area (Å²) in [5.41, 5.74) is 0.183. The van der Waals surface area contributed by atoms with Crippen molar-refractivity contribution in [1.29, 1.82) is 0 Å². The van der Waals surface area contributed by atoms with Crippen molar-refractivity contribution in [1.82, 2.24) is 15.5 Å². The fraction of sp³-hybridized carbons (Fsp3) is 0.944. The van der Waals surface area contributed by atoms with Gasteiger partial charge in [-0.15, -0.1) is 0 Å². The maximum absolute atomic E-state index is 5.89. The van der Waals surface area contributed by atoms with Gasteiger partial charge in [-0.3, -0.25) is 4.99 Å². The van der Waals surface area contributed by atoms with E-state index in [0.29, 0.717) is 24.1 Å². The van der Waals surface area contributed by atoms with Crippen molar-refractivity contribution in [2.75, 3.05) is 47.0 Å². The number of nitrogens with zero attached hydrogens (tertiary/aromatic N) is 2. The Bertz CT molecular complexity index is 446. The van der Waals surface area contributed by atoms with Crippen molar-refractivity contribution in [2.24, 2.45) is 16.3 Å². The summed E-state index contributed by atoms with van der Waals surface area (Å²) >= 11 is 0. The predicted molar refractivity (Wildman–Crippen MR) is 96.4 cm³/mol. The molecule has 0 aromatic carbocycles. The van der Waals surface area contributed by atoms with Crippen LogP contribution in [-0.2, 0) is 9.47 Å². The van der Waals surface area contributed by atoms with Crippen molar-refractivity contribution < 1.29 is 9.47 Å². The summed E-state index contributed by atoms with van der Waals surface area (Å²) in [6.07, 6.45) is 3.90. The van der Waals surface area contributed by atoms with E-state index in [-0.39, 0.29) is 5.41 Å². The largest absolute Gasteiger partial charge is 0.383 e. The Balaban J connectivity index is 1.46. The van der Waals surface area contributed by atoms with E-state index in [4.69, 9.17) is 9.47 Å².